The van der Waals surface area contributed by atoms with E-state index in [0.29, 0.717) is 17.1 Å². The highest BCUT2D eigenvalue weighted by Crippen LogP contribution is 2.37. The molecule has 0 spiro atoms. The van der Waals surface area contributed by atoms with Crippen molar-refractivity contribution in [3.05, 3.63) is 59.7 Å². The van der Waals surface area contributed by atoms with E-state index in [1.54, 1.807) is 12.1 Å². The standard InChI is InChI=1S/C17H16O4/c1-17(2,21-16(18)12-6-4-3-5-7-12)13-8-9-14-15(10-13)20-11-19-14/h3-10H,11H2,1-2H3. The minimum Gasteiger partial charge on any atom is -0.454 e. The van der Waals surface area contributed by atoms with Gasteiger partial charge in [-0.15, -0.1) is 0 Å². The quantitative estimate of drug-likeness (QED) is 0.809. The second kappa shape index (κ2) is 5.13. The fraction of sp³-hybridized carbons (Fsp3) is 0.235. The Labute approximate surface area is 123 Å². The third-order valence-corrected chi connectivity index (χ3v) is 3.43. The fourth-order valence-electron chi connectivity index (χ4n) is 2.19. The molecule has 0 aromatic heterocycles. The van der Waals surface area contributed by atoms with E-state index in [1.807, 2.05) is 50.2 Å². The van der Waals surface area contributed by atoms with Gasteiger partial charge in [-0.25, -0.2) is 4.79 Å². The fourth-order valence-corrected chi connectivity index (χ4v) is 2.19. The van der Waals surface area contributed by atoms with E-state index < -0.39 is 5.60 Å². The molecule has 0 fully saturated rings. The summed E-state index contributed by atoms with van der Waals surface area (Å²) in [6, 6.07) is 14.5. The van der Waals surface area contributed by atoms with Crippen molar-refractivity contribution < 1.29 is 19.0 Å². The molecule has 4 heteroatoms. The van der Waals surface area contributed by atoms with Crippen molar-refractivity contribution in [2.24, 2.45) is 0 Å². The van der Waals surface area contributed by atoms with Gasteiger partial charge in [0.2, 0.25) is 6.79 Å². The van der Waals surface area contributed by atoms with E-state index in [2.05, 4.69) is 0 Å². The van der Waals surface area contributed by atoms with Crippen molar-refractivity contribution in [3.63, 3.8) is 0 Å². The van der Waals surface area contributed by atoms with E-state index in [1.165, 1.54) is 0 Å². The molecule has 1 aliphatic rings. The second-order valence-electron chi connectivity index (χ2n) is 5.33. The molecule has 0 saturated carbocycles. The summed E-state index contributed by atoms with van der Waals surface area (Å²) in [6.45, 7) is 3.93. The highest BCUT2D eigenvalue weighted by atomic mass is 16.7. The van der Waals surface area contributed by atoms with Crippen LogP contribution in [0.15, 0.2) is 48.5 Å². The molecular formula is C17H16O4. The van der Waals surface area contributed by atoms with Gasteiger partial charge in [-0.1, -0.05) is 24.3 Å². The van der Waals surface area contributed by atoms with E-state index >= 15 is 0 Å². The molecule has 0 radical (unpaired) electrons. The number of hydrogen-bond acceptors (Lipinski definition) is 4. The van der Waals surface area contributed by atoms with Gasteiger partial charge in [0, 0.05) is 0 Å². The zero-order valence-corrected chi connectivity index (χ0v) is 12.0. The monoisotopic (exact) mass is 284 g/mol. The lowest BCUT2D eigenvalue weighted by atomic mass is 9.97. The van der Waals surface area contributed by atoms with Crippen LogP contribution in [0.2, 0.25) is 0 Å². The Kier molecular flexibility index (Phi) is 3.29. The highest BCUT2D eigenvalue weighted by Gasteiger charge is 2.28. The Hall–Kier alpha value is -2.49. The number of benzene rings is 2. The number of esters is 1. The lowest BCUT2D eigenvalue weighted by Gasteiger charge is -2.26. The molecule has 0 N–H and O–H groups in total. The molecule has 2 aromatic rings. The van der Waals surface area contributed by atoms with E-state index in [9.17, 15) is 4.79 Å². The smallest absolute Gasteiger partial charge is 0.338 e. The van der Waals surface area contributed by atoms with Crippen molar-refractivity contribution in [2.75, 3.05) is 6.79 Å². The van der Waals surface area contributed by atoms with Gasteiger partial charge in [-0.2, -0.15) is 0 Å². The minimum absolute atomic E-state index is 0.225. The molecule has 2 aromatic carbocycles. The number of fused-ring (bicyclic) bond motifs is 1. The van der Waals surface area contributed by atoms with Crippen LogP contribution in [-0.2, 0) is 10.3 Å². The normalized spacial score (nSPS) is 13.0. The number of carbonyl (C=O) groups is 1. The molecule has 0 saturated heterocycles. The Morgan fingerprint density at radius 2 is 1.76 bits per heavy atom. The van der Waals surface area contributed by atoms with Crippen LogP contribution in [0.1, 0.15) is 29.8 Å². The van der Waals surface area contributed by atoms with Crippen molar-refractivity contribution in [1.29, 1.82) is 0 Å². The summed E-state index contributed by atoms with van der Waals surface area (Å²) < 4.78 is 16.3. The van der Waals surface area contributed by atoms with Crippen molar-refractivity contribution >= 4 is 5.97 Å². The average molecular weight is 284 g/mol. The average Bonchev–Trinajstić information content (AvgIpc) is 2.95. The number of hydrogen-bond donors (Lipinski definition) is 0. The van der Waals surface area contributed by atoms with Crippen LogP contribution in [0.3, 0.4) is 0 Å². The predicted octanol–water partition coefficient (Wildman–Crippen LogP) is 3.51. The van der Waals surface area contributed by atoms with Gasteiger partial charge in [0.15, 0.2) is 11.5 Å². The summed E-state index contributed by atoms with van der Waals surface area (Å²) in [7, 11) is 0. The lowest BCUT2D eigenvalue weighted by molar-refractivity contribution is -0.00320. The Morgan fingerprint density at radius 1 is 1.05 bits per heavy atom. The largest absolute Gasteiger partial charge is 0.454 e. The molecule has 21 heavy (non-hydrogen) atoms. The van der Waals surface area contributed by atoms with Crippen LogP contribution in [0.5, 0.6) is 11.5 Å². The third-order valence-electron chi connectivity index (χ3n) is 3.43. The van der Waals surface area contributed by atoms with Gasteiger partial charge < -0.3 is 14.2 Å². The molecule has 0 aliphatic carbocycles. The summed E-state index contributed by atoms with van der Waals surface area (Å²) in [5.41, 5.74) is 0.635. The third kappa shape index (κ3) is 2.70. The predicted molar refractivity (Wildman–Crippen MR) is 77.4 cm³/mol. The van der Waals surface area contributed by atoms with E-state index in [-0.39, 0.29) is 12.8 Å². The van der Waals surface area contributed by atoms with Crippen LogP contribution in [0, 0.1) is 0 Å². The van der Waals surface area contributed by atoms with Crippen molar-refractivity contribution in [3.8, 4) is 11.5 Å². The maximum absolute atomic E-state index is 12.2. The van der Waals surface area contributed by atoms with E-state index in [0.717, 1.165) is 5.56 Å². The maximum atomic E-state index is 12.2. The molecule has 3 rings (SSSR count). The minimum atomic E-state index is -0.756. The molecule has 4 nitrogen and oxygen atoms in total. The van der Waals surface area contributed by atoms with Gasteiger partial charge >= 0.3 is 5.97 Å². The summed E-state index contributed by atoms with van der Waals surface area (Å²) >= 11 is 0. The van der Waals surface area contributed by atoms with Gasteiger partial charge in [-0.05, 0) is 43.7 Å². The first kappa shape index (κ1) is 13.5. The summed E-state index contributed by atoms with van der Waals surface area (Å²) in [6.07, 6.45) is 0. The van der Waals surface area contributed by atoms with Gasteiger partial charge in [0.1, 0.15) is 5.60 Å². The van der Waals surface area contributed by atoms with Gasteiger partial charge in [0.05, 0.1) is 5.56 Å². The first-order valence-corrected chi connectivity index (χ1v) is 6.75. The molecule has 108 valence electrons. The van der Waals surface area contributed by atoms with Crippen LogP contribution in [-0.4, -0.2) is 12.8 Å². The number of rotatable bonds is 3. The zero-order valence-electron chi connectivity index (χ0n) is 12.0. The molecule has 0 unspecified atom stereocenters. The zero-order chi connectivity index (χ0) is 14.9. The SMILES string of the molecule is CC(C)(OC(=O)c1ccccc1)c1ccc2c(c1)OCO2. The lowest BCUT2D eigenvalue weighted by Crippen LogP contribution is -2.25. The first-order chi connectivity index (χ1) is 10.1. The van der Waals surface area contributed by atoms with Gasteiger partial charge in [-0.3, -0.25) is 0 Å². The molecule has 1 heterocycles. The van der Waals surface area contributed by atoms with Crippen molar-refractivity contribution in [1.82, 2.24) is 0 Å². The number of ether oxygens (including phenoxy) is 3. The van der Waals surface area contributed by atoms with E-state index in [4.69, 9.17) is 14.2 Å². The first-order valence-electron chi connectivity index (χ1n) is 6.75. The van der Waals surface area contributed by atoms with Crippen LogP contribution in [0.25, 0.3) is 0 Å². The number of carbonyl (C=O) groups excluding carboxylic acids is 1. The van der Waals surface area contributed by atoms with Crippen LogP contribution >= 0.6 is 0 Å². The molecular weight excluding hydrogens is 268 g/mol. The Balaban J connectivity index is 1.82. The molecule has 0 bridgehead atoms. The Bertz CT molecular complexity index is 662. The van der Waals surface area contributed by atoms with Crippen LogP contribution < -0.4 is 9.47 Å². The Morgan fingerprint density at radius 3 is 2.52 bits per heavy atom. The van der Waals surface area contributed by atoms with Crippen LogP contribution in [0.4, 0.5) is 0 Å². The topological polar surface area (TPSA) is 44.8 Å². The highest BCUT2D eigenvalue weighted by molar-refractivity contribution is 5.89. The summed E-state index contributed by atoms with van der Waals surface area (Å²) in [4.78, 5) is 12.2. The second-order valence-corrected chi connectivity index (χ2v) is 5.33. The molecule has 0 atom stereocenters. The molecule has 0 amide bonds. The summed E-state index contributed by atoms with van der Waals surface area (Å²) in [5, 5.41) is 0. The maximum Gasteiger partial charge on any atom is 0.338 e. The molecule has 1 aliphatic heterocycles. The van der Waals surface area contributed by atoms with Gasteiger partial charge in [0.25, 0.3) is 0 Å². The summed E-state index contributed by atoms with van der Waals surface area (Å²) in [5.74, 6) is 1.04. The van der Waals surface area contributed by atoms with Crippen molar-refractivity contribution in [2.45, 2.75) is 19.4 Å².